The number of carbonyl (C=O) groups is 1. The molecule has 108 valence electrons. The molecule has 2 aliphatic rings. The van der Waals surface area contributed by atoms with Crippen LogP contribution in [0, 0.1) is 17.7 Å². The van der Waals surface area contributed by atoms with E-state index in [0.29, 0.717) is 30.7 Å². The molecule has 5 heteroatoms. The van der Waals surface area contributed by atoms with Crippen LogP contribution in [0.5, 0.6) is 5.75 Å². The van der Waals surface area contributed by atoms with Gasteiger partial charge in [-0.15, -0.1) is 0 Å². The van der Waals surface area contributed by atoms with Crippen LogP contribution in [0.15, 0.2) is 18.2 Å². The number of nitrogens with two attached hydrogens (primary N) is 1. The van der Waals surface area contributed by atoms with E-state index >= 15 is 0 Å². The van der Waals surface area contributed by atoms with Crippen LogP contribution in [-0.2, 0) is 0 Å². The molecule has 3 unspecified atom stereocenters. The third kappa shape index (κ3) is 2.16. The van der Waals surface area contributed by atoms with E-state index in [-0.39, 0.29) is 17.5 Å². The van der Waals surface area contributed by atoms with Gasteiger partial charge in [-0.1, -0.05) is 0 Å². The number of fused-ring (bicyclic) bond motifs is 1. The van der Waals surface area contributed by atoms with Gasteiger partial charge in [-0.2, -0.15) is 0 Å². The normalized spacial score (nSPS) is 28.6. The Morgan fingerprint density at radius 1 is 1.40 bits per heavy atom. The van der Waals surface area contributed by atoms with Gasteiger partial charge in [0.05, 0.1) is 12.7 Å². The fraction of sp³-hybridized carbons (Fsp3) is 0.533. The van der Waals surface area contributed by atoms with E-state index < -0.39 is 5.82 Å². The summed E-state index contributed by atoms with van der Waals surface area (Å²) in [6.07, 6.45) is 2.11. The Kier molecular flexibility index (Phi) is 3.38. The average Bonchev–Trinajstić information content (AvgIpc) is 3.00. The monoisotopic (exact) mass is 278 g/mol. The maximum absolute atomic E-state index is 14.0. The van der Waals surface area contributed by atoms with E-state index in [1.807, 2.05) is 0 Å². The van der Waals surface area contributed by atoms with E-state index in [1.54, 1.807) is 11.0 Å². The van der Waals surface area contributed by atoms with Gasteiger partial charge in [0, 0.05) is 25.2 Å². The molecule has 1 aliphatic heterocycles. The number of rotatable bonds is 2. The molecule has 0 bridgehead atoms. The molecule has 1 aromatic rings. The molecule has 1 saturated carbocycles. The maximum Gasteiger partial charge on any atom is 0.256 e. The van der Waals surface area contributed by atoms with Crippen molar-refractivity contribution in [3.63, 3.8) is 0 Å². The van der Waals surface area contributed by atoms with E-state index in [0.717, 1.165) is 12.8 Å². The predicted octanol–water partition coefficient (Wildman–Crippen LogP) is 1.64. The molecule has 3 atom stereocenters. The lowest BCUT2D eigenvalue weighted by Gasteiger charge is -2.19. The smallest absolute Gasteiger partial charge is 0.256 e. The molecule has 20 heavy (non-hydrogen) atoms. The van der Waals surface area contributed by atoms with Crippen LogP contribution >= 0.6 is 0 Å². The molecule has 1 heterocycles. The highest BCUT2D eigenvalue weighted by Gasteiger charge is 2.42. The Morgan fingerprint density at radius 3 is 2.85 bits per heavy atom. The Hall–Kier alpha value is -1.62. The molecule has 2 N–H and O–H groups in total. The van der Waals surface area contributed by atoms with E-state index in [2.05, 4.69) is 0 Å². The lowest BCUT2D eigenvalue weighted by molar-refractivity contribution is 0.0775. The van der Waals surface area contributed by atoms with E-state index in [9.17, 15) is 9.18 Å². The van der Waals surface area contributed by atoms with Crippen molar-refractivity contribution in [2.45, 2.75) is 18.9 Å². The van der Waals surface area contributed by atoms with Gasteiger partial charge in [0.15, 0.2) is 0 Å². The van der Waals surface area contributed by atoms with Crippen LogP contribution in [0.4, 0.5) is 4.39 Å². The Bertz CT molecular complexity index is 535. The number of amides is 1. The first-order valence-corrected chi connectivity index (χ1v) is 6.98. The van der Waals surface area contributed by atoms with Crippen molar-refractivity contribution >= 4 is 5.91 Å². The standard InChI is InChI=1S/C15H19FN2O2/c1-20-10-3-4-11(13(16)6-10)15(19)18-7-9-2-5-14(17)12(9)8-18/h3-4,6,9,12,14H,2,5,7-8,17H2,1H3. The first kappa shape index (κ1) is 13.4. The van der Waals surface area contributed by atoms with Crippen molar-refractivity contribution in [3.8, 4) is 5.75 Å². The Labute approximate surface area is 117 Å². The summed E-state index contributed by atoms with van der Waals surface area (Å²) in [6.45, 7) is 1.35. The van der Waals surface area contributed by atoms with Gasteiger partial charge >= 0.3 is 0 Å². The minimum atomic E-state index is -0.532. The number of hydrogen-bond donors (Lipinski definition) is 1. The van der Waals surface area contributed by atoms with Crippen molar-refractivity contribution in [2.24, 2.45) is 17.6 Å². The SMILES string of the molecule is COc1ccc(C(=O)N2CC3CCC(N)C3C2)c(F)c1. The van der Waals surface area contributed by atoms with Crippen LogP contribution in [0.25, 0.3) is 0 Å². The molecule has 3 rings (SSSR count). The first-order valence-electron chi connectivity index (χ1n) is 6.98. The number of halogens is 1. The summed E-state index contributed by atoms with van der Waals surface area (Å²) in [5.74, 6) is 0.498. The minimum Gasteiger partial charge on any atom is -0.497 e. The molecule has 4 nitrogen and oxygen atoms in total. The fourth-order valence-corrected chi connectivity index (χ4v) is 3.44. The van der Waals surface area contributed by atoms with Gasteiger partial charge < -0.3 is 15.4 Å². The summed E-state index contributed by atoms with van der Waals surface area (Å²) in [5.41, 5.74) is 6.17. The summed E-state index contributed by atoms with van der Waals surface area (Å²) in [5, 5.41) is 0. The van der Waals surface area contributed by atoms with Crippen LogP contribution in [0.3, 0.4) is 0 Å². The number of hydrogen-bond acceptors (Lipinski definition) is 3. The van der Waals surface area contributed by atoms with Gasteiger partial charge in [-0.05, 0) is 36.8 Å². The Balaban J connectivity index is 1.77. The fourth-order valence-electron chi connectivity index (χ4n) is 3.44. The second kappa shape index (κ2) is 5.05. The molecule has 2 fully saturated rings. The summed E-state index contributed by atoms with van der Waals surface area (Å²) in [4.78, 5) is 14.1. The lowest BCUT2D eigenvalue weighted by Crippen LogP contribution is -2.33. The molecule has 0 spiro atoms. The van der Waals surface area contributed by atoms with Crippen LogP contribution in [0.1, 0.15) is 23.2 Å². The number of ether oxygens (including phenoxy) is 1. The summed E-state index contributed by atoms with van der Waals surface area (Å²) < 4.78 is 18.9. The molecule has 0 aromatic heterocycles. The zero-order valence-corrected chi connectivity index (χ0v) is 11.5. The third-order valence-corrected chi connectivity index (χ3v) is 4.61. The van der Waals surface area contributed by atoms with Crippen molar-refractivity contribution in [1.29, 1.82) is 0 Å². The van der Waals surface area contributed by atoms with Crippen molar-refractivity contribution < 1.29 is 13.9 Å². The van der Waals surface area contributed by atoms with E-state index in [1.165, 1.54) is 19.2 Å². The Morgan fingerprint density at radius 2 is 2.20 bits per heavy atom. The molecule has 1 aliphatic carbocycles. The van der Waals surface area contributed by atoms with Gasteiger partial charge in [0.1, 0.15) is 11.6 Å². The number of nitrogens with zero attached hydrogens (tertiary/aromatic N) is 1. The summed E-state index contributed by atoms with van der Waals surface area (Å²) in [6, 6.07) is 4.53. The number of benzene rings is 1. The zero-order chi connectivity index (χ0) is 14.3. The van der Waals surface area contributed by atoms with Crippen LogP contribution in [-0.4, -0.2) is 37.0 Å². The van der Waals surface area contributed by atoms with Crippen molar-refractivity contribution in [3.05, 3.63) is 29.6 Å². The first-order chi connectivity index (χ1) is 9.60. The van der Waals surface area contributed by atoms with E-state index in [4.69, 9.17) is 10.5 Å². The molecule has 1 amide bonds. The topological polar surface area (TPSA) is 55.6 Å². The van der Waals surface area contributed by atoms with Crippen LogP contribution in [0.2, 0.25) is 0 Å². The third-order valence-electron chi connectivity index (χ3n) is 4.61. The van der Waals surface area contributed by atoms with Crippen molar-refractivity contribution in [1.82, 2.24) is 4.90 Å². The van der Waals surface area contributed by atoms with Gasteiger partial charge in [-0.3, -0.25) is 4.79 Å². The zero-order valence-electron chi connectivity index (χ0n) is 11.5. The molecule has 1 saturated heterocycles. The second-order valence-corrected chi connectivity index (χ2v) is 5.72. The second-order valence-electron chi connectivity index (χ2n) is 5.72. The predicted molar refractivity (Wildman–Crippen MR) is 73.0 cm³/mol. The quantitative estimate of drug-likeness (QED) is 0.895. The number of methoxy groups -OCH3 is 1. The average molecular weight is 278 g/mol. The highest BCUT2D eigenvalue weighted by Crippen LogP contribution is 2.37. The highest BCUT2D eigenvalue weighted by molar-refractivity contribution is 5.94. The molecule has 0 radical (unpaired) electrons. The largest absolute Gasteiger partial charge is 0.497 e. The molecular weight excluding hydrogens is 259 g/mol. The number of likely N-dealkylation sites (tertiary alicyclic amines) is 1. The van der Waals surface area contributed by atoms with Gasteiger partial charge in [-0.25, -0.2) is 4.39 Å². The summed E-state index contributed by atoms with van der Waals surface area (Å²) >= 11 is 0. The molecular formula is C15H19FN2O2. The highest BCUT2D eigenvalue weighted by atomic mass is 19.1. The van der Waals surface area contributed by atoms with Gasteiger partial charge in [0.25, 0.3) is 5.91 Å². The molecule has 1 aromatic carbocycles. The lowest BCUT2D eigenvalue weighted by atomic mass is 9.98. The summed E-state index contributed by atoms with van der Waals surface area (Å²) in [7, 11) is 1.47. The number of carbonyl (C=O) groups excluding carboxylic acids is 1. The van der Waals surface area contributed by atoms with Crippen molar-refractivity contribution in [2.75, 3.05) is 20.2 Å². The van der Waals surface area contributed by atoms with Gasteiger partial charge in [0.2, 0.25) is 0 Å². The maximum atomic E-state index is 14.0. The minimum absolute atomic E-state index is 0.111. The van der Waals surface area contributed by atoms with Crippen LogP contribution < -0.4 is 10.5 Å².